The van der Waals surface area contributed by atoms with Crippen molar-refractivity contribution in [2.24, 2.45) is 0 Å². The number of nitrogens with zero attached hydrogens (tertiary/aromatic N) is 3. The molecule has 0 saturated heterocycles. The molecule has 0 atom stereocenters. The first kappa shape index (κ1) is 30.9. The number of para-hydroxylation sites is 3. The van der Waals surface area contributed by atoms with Crippen molar-refractivity contribution in [3.05, 3.63) is 176 Å². The van der Waals surface area contributed by atoms with Crippen LogP contribution >= 0.6 is 11.3 Å². The Morgan fingerprint density at radius 2 is 1.16 bits per heavy atom. The zero-order chi connectivity index (χ0) is 37.2. The lowest BCUT2D eigenvalue weighted by molar-refractivity contribution is 0.669. The van der Waals surface area contributed by atoms with Gasteiger partial charge in [-0.25, -0.2) is 9.97 Å². The van der Waals surface area contributed by atoms with E-state index in [1.165, 1.54) is 63.5 Å². The molecule has 0 amide bonds. The second kappa shape index (κ2) is 11.6. The van der Waals surface area contributed by atoms with E-state index in [2.05, 4.69) is 168 Å². The van der Waals surface area contributed by atoms with Gasteiger partial charge in [0.15, 0.2) is 5.82 Å². The minimum atomic E-state index is 0.705. The van der Waals surface area contributed by atoms with Crippen molar-refractivity contribution >= 4 is 108 Å². The number of hydrogen-bond donors (Lipinski definition) is 0. The fraction of sp³-hybridized carbons (Fsp3) is 0. The van der Waals surface area contributed by atoms with Crippen LogP contribution in [0.15, 0.2) is 180 Å². The Morgan fingerprint density at radius 1 is 0.456 bits per heavy atom. The van der Waals surface area contributed by atoms with E-state index in [9.17, 15) is 0 Å². The molecule has 4 nitrogen and oxygen atoms in total. The van der Waals surface area contributed by atoms with Gasteiger partial charge in [0, 0.05) is 69.3 Å². The Labute approximate surface area is 329 Å². The van der Waals surface area contributed by atoms with Crippen molar-refractivity contribution in [3.63, 3.8) is 0 Å². The van der Waals surface area contributed by atoms with E-state index in [4.69, 9.17) is 14.4 Å². The first-order chi connectivity index (χ1) is 28.2. The van der Waals surface area contributed by atoms with Gasteiger partial charge in [-0.1, -0.05) is 121 Å². The summed E-state index contributed by atoms with van der Waals surface area (Å²) in [4.78, 5) is 10.9. The molecule has 13 aromatic rings. The molecule has 0 saturated carbocycles. The molecule has 4 aromatic heterocycles. The van der Waals surface area contributed by atoms with Crippen LogP contribution in [0.5, 0.6) is 0 Å². The number of hydrogen-bond acceptors (Lipinski definition) is 4. The van der Waals surface area contributed by atoms with E-state index in [0.29, 0.717) is 5.82 Å². The Bertz CT molecular complexity index is 3830. The summed E-state index contributed by atoms with van der Waals surface area (Å²) in [5, 5.41) is 13.0. The standard InChI is InChI=1S/C52H29N3OS/c1-2-12-33-30(11-1)21-23-38-34(33)24-25-39-35-13-4-8-18-45(35)55(50(38)39)32-28-42-37-15-6-10-20-48(37)57-51(42)43(29-32)52-53-44-17-7-3-16-40(44)49(54-52)31-22-26-47-41(27-31)36-14-5-9-19-46(36)56-47/h1-29H. The molecule has 0 aliphatic heterocycles. The van der Waals surface area contributed by atoms with Crippen molar-refractivity contribution in [1.82, 2.24) is 14.5 Å². The van der Waals surface area contributed by atoms with Crippen LogP contribution in [0.3, 0.4) is 0 Å². The third kappa shape index (κ3) is 4.43. The highest BCUT2D eigenvalue weighted by atomic mass is 32.1. The highest BCUT2D eigenvalue weighted by Crippen LogP contribution is 2.45. The molecule has 0 fully saturated rings. The summed E-state index contributed by atoms with van der Waals surface area (Å²) < 4.78 is 11.1. The van der Waals surface area contributed by atoms with Crippen molar-refractivity contribution in [2.45, 2.75) is 0 Å². The molecule has 9 aromatic carbocycles. The van der Waals surface area contributed by atoms with E-state index >= 15 is 0 Å². The van der Waals surface area contributed by atoms with Crippen LogP contribution in [-0.4, -0.2) is 14.5 Å². The maximum atomic E-state index is 6.22. The van der Waals surface area contributed by atoms with Gasteiger partial charge in [0.25, 0.3) is 0 Å². The first-order valence-electron chi connectivity index (χ1n) is 19.2. The van der Waals surface area contributed by atoms with Gasteiger partial charge in [-0.2, -0.15) is 0 Å². The maximum Gasteiger partial charge on any atom is 0.161 e. The average Bonchev–Trinajstić information content (AvgIpc) is 3.95. The van der Waals surface area contributed by atoms with E-state index in [1.807, 2.05) is 23.5 Å². The number of aromatic nitrogens is 3. The Balaban J connectivity index is 1.14. The zero-order valence-corrected chi connectivity index (χ0v) is 31.2. The Kier molecular flexibility index (Phi) is 6.29. The van der Waals surface area contributed by atoms with Crippen LogP contribution in [0.25, 0.3) is 125 Å². The summed E-state index contributed by atoms with van der Waals surface area (Å²) >= 11 is 1.81. The van der Waals surface area contributed by atoms with Gasteiger partial charge in [-0.3, -0.25) is 0 Å². The second-order valence-corrected chi connectivity index (χ2v) is 15.9. The van der Waals surface area contributed by atoms with Gasteiger partial charge < -0.3 is 8.98 Å². The highest BCUT2D eigenvalue weighted by molar-refractivity contribution is 7.26. The van der Waals surface area contributed by atoms with Crippen LogP contribution < -0.4 is 0 Å². The lowest BCUT2D eigenvalue weighted by atomic mass is 9.99. The molecular weight excluding hydrogens is 715 g/mol. The van der Waals surface area contributed by atoms with Crippen molar-refractivity contribution in [2.75, 3.05) is 0 Å². The molecular formula is C52H29N3OS. The topological polar surface area (TPSA) is 43.9 Å². The summed E-state index contributed by atoms with van der Waals surface area (Å²) in [5.41, 5.74) is 9.04. The van der Waals surface area contributed by atoms with E-state index < -0.39 is 0 Å². The van der Waals surface area contributed by atoms with Crippen LogP contribution in [0.2, 0.25) is 0 Å². The average molecular weight is 744 g/mol. The van der Waals surface area contributed by atoms with Gasteiger partial charge >= 0.3 is 0 Å². The lowest BCUT2D eigenvalue weighted by Gasteiger charge is -2.14. The van der Waals surface area contributed by atoms with E-state index in [1.54, 1.807) is 0 Å². The number of fused-ring (bicyclic) bond motifs is 14. The molecule has 5 heteroatoms. The van der Waals surface area contributed by atoms with Gasteiger partial charge in [0.2, 0.25) is 0 Å². The summed E-state index contributed by atoms with van der Waals surface area (Å²) in [6.07, 6.45) is 0. The molecule has 0 unspecified atom stereocenters. The number of rotatable bonds is 3. The summed E-state index contributed by atoms with van der Waals surface area (Å²) in [5.74, 6) is 0.705. The fourth-order valence-corrected chi connectivity index (χ4v) is 10.4. The molecule has 0 radical (unpaired) electrons. The first-order valence-corrected chi connectivity index (χ1v) is 20.0. The monoisotopic (exact) mass is 743 g/mol. The Hall–Kier alpha value is -7.34. The minimum Gasteiger partial charge on any atom is -0.456 e. The third-order valence-electron chi connectivity index (χ3n) is 11.8. The number of furan rings is 1. The Morgan fingerprint density at radius 3 is 2.09 bits per heavy atom. The normalized spacial score (nSPS) is 12.2. The predicted octanol–water partition coefficient (Wildman–Crippen LogP) is 14.6. The molecule has 0 N–H and O–H groups in total. The molecule has 13 rings (SSSR count). The third-order valence-corrected chi connectivity index (χ3v) is 13.0. The highest BCUT2D eigenvalue weighted by Gasteiger charge is 2.22. The molecule has 0 aliphatic rings. The largest absolute Gasteiger partial charge is 0.456 e. The smallest absolute Gasteiger partial charge is 0.161 e. The van der Waals surface area contributed by atoms with E-state index in [-0.39, 0.29) is 0 Å². The molecule has 0 spiro atoms. The predicted molar refractivity (Wildman–Crippen MR) is 240 cm³/mol. The lowest BCUT2D eigenvalue weighted by Crippen LogP contribution is -1.99. The summed E-state index contributed by atoms with van der Waals surface area (Å²) in [7, 11) is 0. The summed E-state index contributed by atoms with van der Waals surface area (Å²) in [6, 6.07) is 63.1. The molecule has 264 valence electrons. The van der Waals surface area contributed by atoms with Crippen LogP contribution in [0.1, 0.15) is 0 Å². The summed E-state index contributed by atoms with van der Waals surface area (Å²) in [6.45, 7) is 0. The number of thiophene rings is 1. The van der Waals surface area contributed by atoms with Crippen molar-refractivity contribution < 1.29 is 4.42 Å². The van der Waals surface area contributed by atoms with Gasteiger partial charge in [-0.15, -0.1) is 11.3 Å². The maximum absolute atomic E-state index is 6.22. The second-order valence-electron chi connectivity index (χ2n) is 14.9. The van der Waals surface area contributed by atoms with Crippen LogP contribution in [0.4, 0.5) is 0 Å². The zero-order valence-electron chi connectivity index (χ0n) is 30.4. The quantitative estimate of drug-likeness (QED) is 0.169. The van der Waals surface area contributed by atoms with Gasteiger partial charge in [0.05, 0.1) is 22.2 Å². The van der Waals surface area contributed by atoms with Gasteiger partial charge in [-0.05, 0) is 70.8 Å². The van der Waals surface area contributed by atoms with Crippen LogP contribution in [-0.2, 0) is 0 Å². The van der Waals surface area contributed by atoms with Crippen molar-refractivity contribution in [1.29, 1.82) is 0 Å². The molecule has 0 aliphatic carbocycles. The molecule has 57 heavy (non-hydrogen) atoms. The molecule has 0 bridgehead atoms. The van der Waals surface area contributed by atoms with E-state index in [0.717, 1.165) is 55.3 Å². The fourth-order valence-electron chi connectivity index (χ4n) is 9.21. The minimum absolute atomic E-state index is 0.705. The van der Waals surface area contributed by atoms with Crippen LogP contribution in [0, 0.1) is 0 Å². The molecule has 4 heterocycles. The van der Waals surface area contributed by atoms with Gasteiger partial charge in [0.1, 0.15) is 11.2 Å². The SMILES string of the molecule is c1ccc2c(c1)ccc1c2ccc2c3ccccc3n(-c3cc(-c4nc(-c5ccc6oc7ccccc7c6c5)c5ccccc5n4)c4sc5ccccc5c4c3)c12. The number of benzene rings is 9. The van der Waals surface area contributed by atoms with Crippen molar-refractivity contribution in [3.8, 4) is 28.3 Å².